The summed E-state index contributed by atoms with van der Waals surface area (Å²) in [6.45, 7) is 0.493. The van der Waals surface area contributed by atoms with Crippen LogP contribution in [-0.4, -0.2) is 47.9 Å². The van der Waals surface area contributed by atoms with E-state index in [1.165, 1.54) is 43.9 Å². The maximum absolute atomic E-state index is 13.9. The monoisotopic (exact) mass is 614 g/mol. The topological polar surface area (TPSA) is 102 Å². The Labute approximate surface area is 255 Å². The first kappa shape index (κ1) is 28.4. The summed E-state index contributed by atoms with van der Waals surface area (Å²) in [6, 6.07) is 7.86. The smallest absolute Gasteiger partial charge is 0.266 e. The van der Waals surface area contributed by atoms with E-state index < -0.39 is 0 Å². The van der Waals surface area contributed by atoms with Gasteiger partial charge in [-0.05, 0) is 92.4 Å². The third-order valence-corrected chi connectivity index (χ3v) is 10.5. The van der Waals surface area contributed by atoms with E-state index in [0.717, 1.165) is 29.4 Å². The molecule has 4 bridgehead atoms. The van der Waals surface area contributed by atoms with E-state index in [1.807, 2.05) is 35.2 Å². The Balaban J connectivity index is 1.29. The van der Waals surface area contributed by atoms with Crippen LogP contribution < -0.4 is 20.0 Å². The van der Waals surface area contributed by atoms with Gasteiger partial charge in [-0.25, -0.2) is 0 Å². The van der Waals surface area contributed by atoms with Crippen LogP contribution in [0.2, 0.25) is 0 Å². The Morgan fingerprint density at radius 3 is 2.41 bits per heavy atom. The van der Waals surface area contributed by atoms with Crippen LogP contribution in [0.1, 0.15) is 49.8 Å². The SMILES string of the molecule is COc1cc(OC)cc(-c2cc(CCCN=C(N)NCl)c(/C=C3\SC(=S)N(C4C5CC6CC(C5)CC4C6)C3=O)o2)c1. The van der Waals surface area contributed by atoms with Crippen LogP contribution >= 0.6 is 35.8 Å². The van der Waals surface area contributed by atoms with Gasteiger partial charge in [-0.3, -0.25) is 19.5 Å². The maximum Gasteiger partial charge on any atom is 0.266 e. The van der Waals surface area contributed by atoms with Crippen molar-refractivity contribution in [2.24, 2.45) is 34.4 Å². The highest BCUT2D eigenvalue weighted by molar-refractivity contribution is 8.26. The second kappa shape index (κ2) is 11.9. The number of guanidine groups is 1. The van der Waals surface area contributed by atoms with Crippen LogP contribution in [0.3, 0.4) is 0 Å². The fraction of sp³-hybridized carbons (Fsp3) is 0.500. The maximum atomic E-state index is 13.9. The van der Waals surface area contributed by atoms with E-state index in [4.69, 9.17) is 43.6 Å². The van der Waals surface area contributed by atoms with Gasteiger partial charge in [0.2, 0.25) is 5.96 Å². The standard InChI is InChI=1S/C30H35ClN4O4S2/c1-37-22-11-19(12-23(14-22)38-2)24-13-18(4-3-5-33-29(32)34-31)25(39-24)15-26-28(36)35(30(40)41-26)27-20-7-16-6-17(9-20)10-21(27)8-16/h11-17,20-21,27H,3-10H2,1-2H3,(H3,32,33,34)/b26-15-. The Kier molecular flexibility index (Phi) is 8.25. The zero-order valence-electron chi connectivity index (χ0n) is 23.2. The average Bonchev–Trinajstić information content (AvgIpc) is 3.49. The van der Waals surface area contributed by atoms with E-state index in [2.05, 4.69) is 9.83 Å². The van der Waals surface area contributed by atoms with Gasteiger partial charge in [-0.2, -0.15) is 0 Å². The molecule has 2 heterocycles. The molecule has 3 N–H and O–H groups in total. The third-order valence-electron chi connectivity index (χ3n) is 9.02. The molecule has 8 nitrogen and oxygen atoms in total. The third kappa shape index (κ3) is 5.70. The molecule has 218 valence electrons. The minimum atomic E-state index is 0.00924. The van der Waals surface area contributed by atoms with Gasteiger partial charge in [0.25, 0.3) is 5.91 Å². The Hall–Kier alpha value is -2.69. The summed E-state index contributed by atoms with van der Waals surface area (Å²) in [7, 11) is 3.23. The molecule has 1 saturated heterocycles. The number of amides is 1. The summed E-state index contributed by atoms with van der Waals surface area (Å²) in [4.78, 5) is 23.0. The van der Waals surface area contributed by atoms with Crippen molar-refractivity contribution < 1.29 is 18.7 Å². The number of hydrogen-bond acceptors (Lipinski definition) is 7. The number of thioether (sulfide) groups is 1. The van der Waals surface area contributed by atoms with Gasteiger partial charge in [-0.15, -0.1) is 0 Å². The lowest BCUT2D eigenvalue weighted by atomic mass is 9.54. The lowest BCUT2D eigenvalue weighted by Crippen LogP contribution is -2.57. The second-order valence-corrected chi connectivity index (χ2v) is 13.4. The van der Waals surface area contributed by atoms with Crippen molar-refractivity contribution in [1.29, 1.82) is 0 Å². The highest BCUT2D eigenvalue weighted by atomic mass is 35.5. The summed E-state index contributed by atoms with van der Waals surface area (Å²) >= 11 is 12.7. The van der Waals surface area contributed by atoms with Crippen LogP contribution in [0.15, 0.2) is 38.6 Å². The molecule has 0 unspecified atom stereocenters. The lowest BCUT2D eigenvalue weighted by Gasteiger charge is -2.56. The van der Waals surface area contributed by atoms with Crippen molar-refractivity contribution in [1.82, 2.24) is 9.74 Å². The summed E-state index contributed by atoms with van der Waals surface area (Å²) in [5.74, 6) is 5.61. The van der Waals surface area contributed by atoms with Crippen molar-refractivity contribution in [2.75, 3.05) is 20.8 Å². The van der Waals surface area contributed by atoms with E-state index >= 15 is 0 Å². The minimum absolute atomic E-state index is 0.00924. The van der Waals surface area contributed by atoms with Crippen LogP contribution in [0.25, 0.3) is 17.4 Å². The number of nitrogens with one attached hydrogen (secondary N) is 1. The minimum Gasteiger partial charge on any atom is -0.497 e. The molecule has 4 aliphatic carbocycles. The van der Waals surface area contributed by atoms with Gasteiger partial charge in [0.05, 0.1) is 19.1 Å². The number of aliphatic imine (C=N–C) groups is 1. The molecule has 11 heteroatoms. The molecule has 4 saturated carbocycles. The molecule has 1 amide bonds. The number of hydrogen-bond donors (Lipinski definition) is 2. The number of nitrogens with two attached hydrogens (primary N) is 1. The van der Waals surface area contributed by atoms with E-state index in [9.17, 15) is 4.79 Å². The van der Waals surface area contributed by atoms with Gasteiger partial charge in [0, 0.05) is 42.1 Å². The number of aryl methyl sites for hydroxylation is 1. The summed E-state index contributed by atoms with van der Waals surface area (Å²) < 4.78 is 18.0. The average molecular weight is 615 g/mol. The summed E-state index contributed by atoms with van der Waals surface area (Å²) in [5, 5.41) is 0. The van der Waals surface area contributed by atoms with E-state index in [-0.39, 0.29) is 17.9 Å². The molecule has 41 heavy (non-hydrogen) atoms. The molecular weight excluding hydrogens is 580 g/mol. The van der Waals surface area contributed by atoms with Crippen molar-refractivity contribution in [3.05, 3.63) is 40.5 Å². The highest BCUT2D eigenvalue weighted by Crippen LogP contribution is 2.56. The molecule has 5 fully saturated rings. The summed E-state index contributed by atoms with van der Waals surface area (Å²) in [6.07, 6.45) is 9.56. The molecule has 0 radical (unpaired) electrons. The van der Waals surface area contributed by atoms with Gasteiger partial charge < -0.3 is 19.6 Å². The first-order chi connectivity index (χ1) is 19.9. The molecule has 5 aliphatic rings. The number of carbonyl (C=O) groups excluding carboxylic acids is 1. The molecule has 0 atom stereocenters. The number of ether oxygens (including phenoxy) is 2. The number of carbonyl (C=O) groups is 1. The van der Waals surface area contributed by atoms with Gasteiger partial charge in [0.1, 0.15) is 27.3 Å². The van der Waals surface area contributed by atoms with Gasteiger partial charge >= 0.3 is 0 Å². The van der Waals surface area contributed by atoms with Crippen molar-refractivity contribution in [3.8, 4) is 22.8 Å². The Bertz CT molecular complexity index is 1360. The zero-order chi connectivity index (χ0) is 28.7. The van der Waals surface area contributed by atoms with Crippen molar-refractivity contribution >= 4 is 58.0 Å². The molecule has 1 aromatic carbocycles. The number of methoxy groups -OCH3 is 2. The summed E-state index contributed by atoms with van der Waals surface area (Å²) in [5.41, 5.74) is 7.45. The number of thiocarbonyl (C=S) groups is 1. The number of halogens is 1. The molecule has 2 aromatic rings. The lowest BCUT2D eigenvalue weighted by molar-refractivity contribution is -0.130. The van der Waals surface area contributed by atoms with Crippen molar-refractivity contribution in [3.63, 3.8) is 0 Å². The Morgan fingerprint density at radius 2 is 1.80 bits per heavy atom. The highest BCUT2D eigenvalue weighted by Gasteiger charge is 2.53. The predicted molar refractivity (Wildman–Crippen MR) is 167 cm³/mol. The van der Waals surface area contributed by atoms with Crippen LogP contribution in [-0.2, 0) is 11.2 Å². The van der Waals surface area contributed by atoms with Crippen molar-refractivity contribution in [2.45, 2.75) is 51.0 Å². The zero-order valence-corrected chi connectivity index (χ0v) is 25.6. The Morgan fingerprint density at radius 1 is 1.15 bits per heavy atom. The predicted octanol–water partition coefficient (Wildman–Crippen LogP) is 5.98. The van der Waals surface area contributed by atoms with Crippen LogP contribution in [0, 0.1) is 23.7 Å². The first-order valence-electron chi connectivity index (χ1n) is 14.2. The normalized spacial score (nSPS) is 28.2. The van der Waals surface area contributed by atoms with Gasteiger partial charge in [0.15, 0.2) is 0 Å². The van der Waals surface area contributed by atoms with E-state index in [0.29, 0.717) is 57.0 Å². The first-order valence-corrected chi connectivity index (χ1v) is 15.8. The van der Waals surface area contributed by atoms with E-state index in [1.54, 1.807) is 14.2 Å². The molecule has 7 rings (SSSR count). The fourth-order valence-electron chi connectivity index (χ4n) is 7.53. The van der Waals surface area contributed by atoms with Gasteiger partial charge in [-0.1, -0.05) is 24.0 Å². The molecular formula is C30H35ClN4O4S2. The second-order valence-electron chi connectivity index (χ2n) is 11.5. The molecule has 0 spiro atoms. The largest absolute Gasteiger partial charge is 0.497 e. The quantitative estimate of drug-likeness (QED) is 0.0888. The molecule has 1 aliphatic heterocycles. The van der Waals surface area contributed by atoms with Crippen LogP contribution in [0.5, 0.6) is 11.5 Å². The number of furan rings is 1. The number of nitrogens with zero attached hydrogens (tertiary/aromatic N) is 2. The number of benzene rings is 1. The number of rotatable bonds is 9. The fourth-order valence-corrected chi connectivity index (χ4v) is 8.90. The van der Waals surface area contributed by atoms with Crippen LogP contribution in [0.4, 0.5) is 0 Å². The molecule has 1 aromatic heterocycles.